The number of aryl methyl sites for hydroxylation is 1. The molecule has 5 atom stereocenters. The number of carbonyl (C=O) groups is 2. The molecule has 3 fully saturated rings. The van der Waals surface area contributed by atoms with Crippen molar-refractivity contribution in [1.29, 1.82) is 0 Å². The molecule has 1 saturated carbocycles. The van der Waals surface area contributed by atoms with Gasteiger partial charge < -0.3 is 10.2 Å². The number of halogens is 4. The van der Waals surface area contributed by atoms with Crippen LogP contribution < -0.4 is 5.32 Å². The molecule has 3 aliphatic rings. The van der Waals surface area contributed by atoms with Gasteiger partial charge >= 0.3 is 0 Å². The van der Waals surface area contributed by atoms with Crippen molar-refractivity contribution >= 4 is 23.4 Å². The number of benzene rings is 2. The molecule has 2 amide bonds. The van der Waals surface area contributed by atoms with E-state index in [4.69, 9.17) is 11.6 Å². The Kier molecular flexibility index (Phi) is 9.53. The Hall–Kier alpha value is -2.58. The van der Waals surface area contributed by atoms with Crippen molar-refractivity contribution in [3.63, 3.8) is 0 Å². The Balaban J connectivity index is 1.34. The van der Waals surface area contributed by atoms with Crippen molar-refractivity contribution in [1.82, 2.24) is 15.1 Å². The van der Waals surface area contributed by atoms with Gasteiger partial charge in [0.25, 0.3) is 0 Å². The van der Waals surface area contributed by atoms with E-state index in [9.17, 15) is 22.8 Å². The summed E-state index contributed by atoms with van der Waals surface area (Å²) in [6.07, 6.45) is 2.93. The standard InChI is InChI=1S/C33H41ClF3N3O2/c1-4-32(38-20(3)41)28-13-19(2)30(34)17-26(28)21-7-10-39(11-8-21)33(42)29-16-24(40-12-9-23(36)18-40)15-27(29)25-6-5-22(35)14-31(25)37/h5-6,13-14,17,21,23-24,27,29,32H,4,7-12,15-16,18H2,1-3H3,(H,38,41)/t23-,24+,27-,29+,32-/m0/s1. The maximum Gasteiger partial charge on any atom is 0.226 e. The van der Waals surface area contributed by atoms with Crippen molar-refractivity contribution in [2.24, 2.45) is 5.92 Å². The Labute approximate surface area is 251 Å². The van der Waals surface area contributed by atoms with Gasteiger partial charge in [-0.1, -0.05) is 30.7 Å². The van der Waals surface area contributed by atoms with Crippen LogP contribution in [-0.4, -0.2) is 60.0 Å². The first-order valence-electron chi connectivity index (χ1n) is 15.2. The summed E-state index contributed by atoms with van der Waals surface area (Å²) in [6.45, 7) is 7.61. The third-order valence-corrected chi connectivity index (χ3v) is 10.1. The number of piperidine rings is 1. The smallest absolute Gasteiger partial charge is 0.226 e. The fourth-order valence-electron chi connectivity index (χ4n) is 7.47. The van der Waals surface area contributed by atoms with Gasteiger partial charge in [0, 0.05) is 56.2 Å². The maximum absolute atomic E-state index is 15.0. The molecule has 5 rings (SSSR count). The Morgan fingerprint density at radius 2 is 1.79 bits per heavy atom. The molecule has 2 aromatic rings. The molecule has 2 aromatic carbocycles. The van der Waals surface area contributed by atoms with Gasteiger partial charge in [0.05, 0.1) is 6.04 Å². The SMILES string of the molecule is CC[C@H](NC(C)=O)c1cc(C)c(Cl)cc1C1CCN(C(=O)[C@@H]2C[C@H](N3CC[C@H](F)C3)C[C@H]2c2ccc(F)cc2F)CC1. The number of carbonyl (C=O) groups excluding carboxylic acids is 2. The minimum atomic E-state index is -0.877. The minimum Gasteiger partial charge on any atom is -0.350 e. The summed E-state index contributed by atoms with van der Waals surface area (Å²) < 4.78 is 42.8. The van der Waals surface area contributed by atoms with E-state index in [2.05, 4.69) is 16.3 Å². The molecule has 1 aliphatic carbocycles. The van der Waals surface area contributed by atoms with E-state index in [1.54, 1.807) is 0 Å². The second-order valence-corrected chi connectivity index (χ2v) is 12.8. The van der Waals surface area contributed by atoms with Crippen LogP contribution in [0.1, 0.15) is 92.5 Å². The van der Waals surface area contributed by atoms with Crippen LogP contribution in [0.4, 0.5) is 13.2 Å². The van der Waals surface area contributed by atoms with Gasteiger partial charge in [-0.3, -0.25) is 14.5 Å². The fraction of sp³-hybridized carbons (Fsp3) is 0.576. The maximum atomic E-state index is 15.0. The lowest BCUT2D eigenvalue weighted by atomic mass is 9.82. The number of hydrogen-bond donors (Lipinski definition) is 1. The van der Waals surface area contributed by atoms with Gasteiger partial charge in [-0.25, -0.2) is 13.2 Å². The second kappa shape index (κ2) is 13.0. The van der Waals surface area contributed by atoms with Gasteiger partial charge in [0.1, 0.15) is 17.8 Å². The zero-order chi connectivity index (χ0) is 30.1. The molecular weight excluding hydrogens is 563 g/mol. The van der Waals surface area contributed by atoms with E-state index in [1.165, 1.54) is 19.1 Å². The highest BCUT2D eigenvalue weighted by molar-refractivity contribution is 6.31. The van der Waals surface area contributed by atoms with Crippen molar-refractivity contribution in [2.45, 2.75) is 89.4 Å². The third-order valence-electron chi connectivity index (χ3n) is 9.67. The van der Waals surface area contributed by atoms with Crippen molar-refractivity contribution in [2.75, 3.05) is 26.2 Å². The summed E-state index contributed by atoms with van der Waals surface area (Å²) in [7, 11) is 0. The zero-order valence-electron chi connectivity index (χ0n) is 24.6. The second-order valence-electron chi connectivity index (χ2n) is 12.4. The first-order chi connectivity index (χ1) is 20.0. The molecule has 1 N–H and O–H groups in total. The van der Waals surface area contributed by atoms with E-state index >= 15 is 0 Å². The number of nitrogens with one attached hydrogen (secondary N) is 1. The normalized spacial score (nSPS) is 26.0. The third kappa shape index (κ3) is 6.49. The Morgan fingerprint density at radius 3 is 2.40 bits per heavy atom. The summed E-state index contributed by atoms with van der Waals surface area (Å²) in [6, 6.07) is 7.56. The topological polar surface area (TPSA) is 52.7 Å². The highest BCUT2D eigenvalue weighted by Gasteiger charge is 2.45. The molecule has 9 heteroatoms. The van der Waals surface area contributed by atoms with Crippen LogP contribution in [0, 0.1) is 24.5 Å². The monoisotopic (exact) mass is 603 g/mol. The van der Waals surface area contributed by atoms with E-state index in [1.807, 2.05) is 24.8 Å². The molecule has 2 saturated heterocycles. The van der Waals surface area contributed by atoms with E-state index in [0.29, 0.717) is 56.0 Å². The predicted octanol–water partition coefficient (Wildman–Crippen LogP) is 6.83. The quantitative estimate of drug-likeness (QED) is 0.378. The van der Waals surface area contributed by atoms with E-state index in [-0.39, 0.29) is 35.7 Å². The van der Waals surface area contributed by atoms with Crippen molar-refractivity contribution < 1.29 is 22.8 Å². The Bertz CT molecular complexity index is 1320. The largest absolute Gasteiger partial charge is 0.350 e. The predicted molar refractivity (Wildman–Crippen MR) is 158 cm³/mol. The Morgan fingerprint density at radius 1 is 1.05 bits per heavy atom. The van der Waals surface area contributed by atoms with Gasteiger partial charge in [-0.05, 0) is 91.7 Å². The molecular formula is C33H41ClF3N3O2. The highest BCUT2D eigenvalue weighted by atomic mass is 35.5. The van der Waals surface area contributed by atoms with Crippen LogP contribution in [-0.2, 0) is 9.59 Å². The number of nitrogens with zero attached hydrogens (tertiary/aromatic N) is 2. The molecule has 2 aliphatic heterocycles. The molecule has 2 heterocycles. The van der Waals surface area contributed by atoms with Crippen LogP contribution in [0.2, 0.25) is 5.02 Å². The first-order valence-corrected chi connectivity index (χ1v) is 15.6. The lowest BCUT2D eigenvalue weighted by molar-refractivity contribution is -0.137. The number of rotatable bonds is 7. The van der Waals surface area contributed by atoms with Gasteiger partial charge in [0.2, 0.25) is 11.8 Å². The summed E-state index contributed by atoms with van der Waals surface area (Å²) in [4.78, 5) is 29.9. The molecule has 0 spiro atoms. The number of alkyl halides is 1. The lowest BCUT2D eigenvalue weighted by Crippen LogP contribution is -2.42. The first kappa shape index (κ1) is 30.9. The molecule has 0 aromatic heterocycles. The van der Waals surface area contributed by atoms with Crippen LogP contribution in [0.25, 0.3) is 0 Å². The average molecular weight is 604 g/mol. The summed E-state index contributed by atoms with van der Waals surface area (Å²) >= 11 is 6.56. The molecule has 0 bridgehead atoms. The summed E-state index contributed by atoms with van der Waals surface area (Å²) in [5.74, 6) is -2.02. The van der Waals surface area contributed by atoms with Crippen LogP contribution in [0.3, 0.4) is 0 Å². The number of hydrogen-bond acceptors (Lipinski definition) is 3. The number of likely N-dealkylation sites (tertiary alicyclic amines) is 2. The minimum absolute atomic E-state index is 0.00693. The van der Waals surface area contributed by atoms with Crippen molar-refractivity contribution in [3.8, 4) is 0 Å². The lowest BCUT2D eigenvalue weighted by Gasteiger charge is -2.36. The van der Waals surface area contributed by atoms with E-state index in [0.717, 1.165) is 42.0 Å². The van der Waals surface area contributed by atoms with Crippen LogP contribution in [0.5, 0.6) is 0 Å². The number of amides is 2. The molecule has 0 unspecified atom stereocenters. The van der Waals surface area contributed by atoms with E-state index < -0.39 is 23.7 Å². The average Bonchev–Trinajstić information content (AvgIpc) is 3.59. The highest BCUT2D eigenvalue weighted by Crippen LogP contribution is 2.45. The van der Waals surface area contributed by atoms with Crippen molar-refractivity contribution in [3.05, 3.63) is 69.2 Å². The molecule has 228 valence electrons. The molecule has 5 nitrogen and oxygen atoms in total. The fourth-order valence-corrected chi connectivity index (χ4v) is 7.64. The van der Waals surface area contributed by atoms with Gasteiger partial charge in [-0.2, -0.15) is 0 Å². The summed E-state index contributed by atoms with van der Waals surface area (Å²) in [5, 5.41) is 3.75. The summed E-state index contributed by atoms with van der Waals surface area (Å²) in [5.41, 5.74) is 3.51. The zero-order valence-corrected chi connectivity index (χ0v) is 25.4. The van der Waals surface area contributed by atoms with Gasteiger partial charge in [0.15, 0.2) is 0 Å². The molecule has 42 heavy (non-hydrogen) atoms. The molecule has 0 radical (unpaired) electrons. The van der Waals surface area contributed by atoms with Gasteiger partial charge in [-0.15, -0.1) is 0 Å². The van der Waals surface area contributed by atoms with Crippen LogP contribution in [0.15, 0.2) is 30.3 Å². The van der Waals surface area contributed by atoms with Crippen LogP contribution >= 0.6 is 11.6 Å².